The molecule has 90 valence electrons. The summed E-state index contributed by atoms with van der Waals surface area (Å²) in [7, 11) is 0. The van der Waals surface area contributed by atoms with Crippen molar-refractivity contribution in [1.29, 1.82) is 0 Å². The van der Waals surface area contributed by atoms with Gasteiger partial charge in [0.05, 0.1) is 6.61 Å². The summed E-state index contributed by atoms with van der Waals surface area (Å²) in [6.45, 7) is 7.03. The molecule has 5 heteroatoms. The Hall–Kier alpha value is -1.07. The van der Waals surface area contributed by atoms with Crippen LogP contribution in [0.3, 0.4) is 0 Å². The zero-order chi connectivity index (χ0) is 12.0. The van der Waals surface area contributed by atoms with Crippen LogP contribution in [0.4, 0.5) is 5.69 Å². The summed E-state index contributed by atoms with van der Waals surface area (Å²) >= 11 is 1.26. The molecule has 1 heterocycles. The van der Waals surface area contributed by atoms with Crippen LogP contribution >= 0.6 is 11.3 Å². The molecule has 0 fully saturated rings. The summed E-state index contributed by atoms with van der Waals surface area (Å²) in [6.07, 6.45) is 0. The summed E-state index contributed by atoms with van der Waals surface area (Å²) in [5, 5.41) is 10.7. The van der Waals surface area contributed by atoms with Crippen LogP contribution in [-0.2, 0) is 4.74 Å². The Morgan fingerprint density at radius 3 is 2.81 bits per heavy atom. The molecule has 1 aromatic rings. The molecule has 0 aliphatic rings. The number of carboxylic acids is 1. The van der Waals surface area contributed by atoms with E-state index in [1.54, 1.807) is 6.07 Å². The standard InChI is InChI=1S/C11H17NO3S/c1-3-12(5-6-15-4-2)9-7-10(11(13)14)16-8-9/h7-8H,3-6H2,1-2H3,(H,13,14). The molecule has 0 radical (unpaired) electrons. The first kappa shape index (κ1) is 13.0. The van der Waals surface area contributed by atoms with E-state index in [9.17, 15) is 4.79 Å². The molecule has 1 aromatic heterocycles. The van der Waals surface area contributed by atoms with Crippen molar-refractivity contribution < 1.29 is 14.6 Å². The third-order valence-electron chi connectivity index (χ3n) is 2.25. The third kappa shape index (κ3) is 3.50. The molecule has 0 saturated heterocycles. The number of carbonyl (C=O) groups is 1. The highest BCUT2D eigenvalue weighted by Gasteiger charge is 2.10. The van der Waals surface area contributed by atoms with E-state index >= 15 is 0 Å². The minimum atomic E-state index is -0.864. The zero-order valence-electron chi connectivity index (χ0n) is 9.60. The normalized spacial score (nSPS) is 10.4. The highest BCUT2D eigenvalue weighted by atomic mass is 32.1. The molecular formula is C11H17NO3S. The third-order valence-corrected chi connectivity index (χ3v) is 3.16. The summed E-state index contributed by atoms with van der Waals surface area (Å²) < 4.78 is 5.29. The van der Waals surface area contributed by atoms with Crippen LogP contribution in [0.2, 0.25) is 0 Å². The van der Waals surface area contributed by atoms with Gasteiger partial charge in [-0.15, -0.1) is 11.3 Å². The molecule has 0 aliphatic heterocycles. The second kappa shape index (κ2) is 6.50. The van der Waals surface area contributed by atoms with Crippen molar-refractivity contribution >= 4 is 23.0 Å². The van der Waals surface area contributed by atoms with Gasteiger partial charge in [-0.25, -0.2) is 4.79 Å². The van der Waals surface area contributed by atoms with E-state index < -0.39 is 5.97 Å². The first-order valence-electron chi connectivity index (χ1n) is 5.33. The van der Waals surface area contributed by atoms with Gasteiger partial charge in [-0.1, -0.05) is 0 Å². The van der Waals surface area contributed by atoms with Crippen molar-refractivity contribution in [2.45, 2.75) is 13.8 Å². The summed E-state index contributed by atoms with van der Waals surface area (Å²) in [6, 6.07) is 1.71. The lowest BCUT2D eigenvalue weighted by molar-refractivity contribution is 0.0702. The van der Waals surface area contributed by atoms with Crippen LogP contribution in [0.5, 0.6) is 0 Å². The van der Waals surface area contributed by atoms with Gasteiger partial charge in [0.25, 0.3) is 0 Å². The monoisotopic (exact) mass is 243 g/mol. The van der Waals surface area contributed by atoms with Gasteiger partial charge in [-0.3, -0.25) is 0 Å². The number of nitrogens with zero attached hydrogens (tertiary/aromatic N) is 1. The van der Waals surface area contributed by atoms with Gasteiger partial charge < -0.3 is 14.7 Å². The van der Waals surface area contributed by atoms with Gasteiger partial charge in [0, 0.05) is 30.8 Å². The molecule has 0 unspecified atom stereocenters. The maximum atomic E-state index is 10.8. The lowest BCUT2D eigenvalue weighted by atomic mass is 10.3. The van der Waals surface area contributed by atoms with Crippen molar-refractivity contribution in [2.75, 3.05) is 31.2 Å². The topological polar surface area (TPSA) is 49.8 Å². The second-order valence-corrected chi connectivity index (χ2v) is 4.16. The summed E-state index contributed by atoms with van der Waals surface area (Å²) in [5.41, 5.74) is 0.963. The van der Waals surface area contributed by atoms with E-state index in [0.717, 1.165) is 18.8 Å². The average Bonchev–Trinajstić information content (AvgIpc) is 2.74. The number of ether oxygens (including phenoxy) is 1. The molecule has 0 aromatic carbocycles. The number of thiophene rings is 1. The molecule has 0 atom stereocenters. The van der Waals surface area contributed by atoms with E-state index in [1.165, 1.54) is 11.3 Å². The van der Waals surface area contributed by atoms with Gasteiger partial charge >= 0.3 is 5.97 Å². The molecule has 1 N–H and O–H groups in total. The smallest absolute Gasteiger partial charge is 0.345 e. The number of likely N-dealkylation sites (N-methyl/N-ethyl adjacent to an activating group) is 1. The molecule has 0 aliphatic carbocycles. The lowest BCUT2D eigenvalue weighted by Crippen LogP contribution is -2.26. The Kier molecular flexibility index (Phi) is 5.28. The van der Waals surface area contributed by atoms with Gasteiger partial charge in [-0.2, -0.15) is 0 Å². The molecule has 0 amide bonds. The van der Waals surface area contributed by atoms with Crippen LogP contribution in [0, 0.1) is 0 Å². The Morgan fingerprint density at radius 1 is 1.56 bits per heavy atom. The first-order valence-corrected chi connectivity index (χ1v) is 6.21. The average molecular weight is 243 g/mol. The SMILES string of the molecule is CCOCCN(CC)c1csc(C(=O)O)c1. The van der Waals surface area contributed by atoms with Gasteiger partial charge in [0.1, 0.15) is 4.88 Å². The summed E-state index contributed by atoms with van der Waals surface area (Å²) in [5.74, 6) is -0.864. The van der Waals surface area contributed by atoms with E-state index in [-0.39, 0.29) is 0 Å². The zero-order valence-corrected chi connectivity index (χ0v) is 10.4. The quantitative estimate of drug-likeness (QED) is 0.747. The highest BCUT2D eigenvalue weighted by molar-refractivity contribution is 7.12. The fourth-order valence-electron chi connectivity index (χ4n) is 1.39. The molecule has 0 spiro atoms. The molecule has 0 bridgehead atoms. The van der Waals surface area contributed by atoms with Crippen molar-refractivity contribution in [3.05, 3.63) is 16.3 Å². The first-order chi connectivity index (χ1) is 7.69. The van der Waals surface area contributed by atoms with Crippen LogP contribution in [0.1, 0.15) is 23.5 Å². The second-order valence-electron chi connectivity index (χ2n) is 3.25. The Bertz CT molecular complexity index is 338. The Labute approximate surface area is 99.5 Å². The van der Waals surface area contributed by atoms with Crippen molar-refractivity contribution in [3.63, 3.8) is 0 Å². The maximum Gasteiger partial charge on any atom is 0.345 e. The molecule has 0 saturated carbocycles. The Balaban J connectivity index is 2.60. The van der Waals surface area contributed by atoms with E-state index in [2.05, 4.69) is 4.90 Å². The van der Waals surface area contributed by atoms with Crippen LogP contribution in [0.25, 0.3) is 0 Å². The van der Waals surface area contributed by atoms with Crippen LogP contribution < -0.4 is 4.90 Å². The van der Waals surface area contributed by atoms with Crippen molar-refractivity contribution in [1.82, 2.24) is 0 Å². The number of rotatable bonds is 7. The van der Waals surface area contributed by atoms with Crippen molar-refractivity contribution in [3.8, 4) is 0 Å². The van der Waals surface area contributed by atoms with Crippen LogP contribution in [0.15, 0.2) is 11.4 Å². The van der Waals surface area contributed by atoms with Crippen LogP contribution in [-0.4, -0.2) is 37.4 Å². The molecule has 16 heavy (non-hydrogen) atoms. The van der Waals surface area contributed by atoms with Gasteiger partial charge in [0.2, 0.25) is 0 Å². The van der Waals surface area contributed by atoms with Gasteiger partial charge in [0.15, 0.2) is 0 Å². The number of aromatic carboxylic acids is 1. The number of hydrogen-bond acceptors (Lipinski definition) is 4. The molecule has 1 rings (SSSR count). The Morgan fingerprint density at radius 2 is 2.31 bits per heavy atom. The predicted molar refractivity (Wildman–Crippen MR) is 65.7 cm³/mol. The van der Waals surface area contributed by atoms with Gasteiger partial charge in [-0.05, 0) is 19.9 Å². The fourth-order valence-corrected chi connectivity index (χ4v) is 2.15. The molecule has 4 nitrogen and oxygen atoms in total. The van der Waals surface area contributed by atoms with E-state index in [0.29, 0.717) is 18.1 Å². The van der Waals surface area contributed by atoms with E-state index in [1.807, 2.05) is 19.2 Å². The minimum absolute atomic E-state index is 0.379. The predicted octanol–water partition coefficient (Wildman–Crippen LogP) is 2.31. The maximum absolute atomic E-state index is 10.8. The van der Waals surface area contributed by atoms with E-state index in [4.69, 9.17) is 9.84 Å². The number of carboxylic acid groups (broad SMARTS) is 1. The largest absolute Gasteiger partial charge is 0.477 e. The highest BCUT2D eigenvalue weighted by Crippen LogP contribution is 2.22. The number of anilines is 1. The fraction of sp³-hybridized carbons (Fsp3) is 0.545. The minimum Gasteiger partial charge on any atom is -0.477 e. The van der Waals surface area contributed by atoms with Crippen molar-refractivity contribution in [2.24, 2.45) is 0 Å². The summed E-state index contributed by atoms with van der Waals surface area (Å²) in [4.78, 5) is 13.2. The molecular weight excluding hydrogens is 226 g/mol. The lowest BCUT2D eigenvalue weighted by Gasteiger charge is -2.21. The number of hydrogen-bond donors (Lipinski definition) is 1.